The van der Waals surface area contributed by atoms with E-state index in [4.69, 9.17) is 19.0 Å². The van der Waals surface area contributed by atoms with Gasteiger partial charge in [-0.3, -0.25) is 0 Å². The first kappa shape index (κ1) is 20.6. The fourth-order valence-electron chi connectivity index (χ4n) is 3.01. The molecule has 0 spiro atoms. The van der Waals surface area contributed by atoms with Crippen molar-refractivity contribution in [3.8, 4) is 11.3 Å². The zero-order valence-corrected chi connectivity index (χ0v) is 17.4. The average Bonchev–Trinajstić information content (AvgIpc) is 2.81. The molecule has 1 aliphatic rings. The number of ether oxygens (including phenoxy) is 1. The number of hydrogen-bond donors (Lipinski definition) is 2. The summed E-state index contributed by atoms with van der Waals surface area (Å²) in [4.78, 5) is 17.3. The Hall–Kier alpha value is -2.69. The highest BCUT2D eigenvalue weighted by molar-refractivity contribution is 7.94. The van der Waals surface area contributed by atoms with E-state index in [1.54, 1.807) is 7.05 Å². The van der Waals surface area contributed by atoms with E-state index < -0.39 is 0 Å². The van der Waals surface area contributed by atoms with Crippen molar-refractivity contribution in [2.24, 2.45) is 0 Å². The van der Waals surface area contributed by atoms with Gasteiger partial charge in [-0.15, -0.1) is 9.32 Å². The molecule has 4 rings (SSSR count). The van der Waals surface area contributed by atoms with Gasteiger partial charge in [-0.05, 0) is 24.3 Å². The number of nitrogens with one attached hydrogen (secondary N) is 2. The molecule has 0 aliphatic carbocycles. The minimum absolute atomic E-state index is 0.549. The van der Waals surface area contributed by atoms with Crippen LogP contribution < -0.4 is 15.7 Å². The lowest BCUT2D eigenvalue weighted by atomic mass is 10.1. The first-order chi connectivity index (χ1) is 14.8. The topological polar surface area (TPSA) is 80.8 Å². The van der Waals surface area contributed by atoms with Crippen molar-refractivity contribution in [2.75, 3.05) is 43.6 Å². The lowest BCUT2D eigenvalue weighted by Gasteiger charge is -2.28. The van der Waals surface area contributed by atoms with Crippen LogP contribution in [0.25, 0.3) is 11.3 Å². The van der Waals surface area contributed by atoms with Crippen molar-refractivity contribution in [1.82, 2.24) is 15.4 Å². The van der Waals surface area contributed by atoms with Crippen LogP contribution in [0, 0.1) is 0 Å². The zero-order valence-electron chi connectivity index (χ0n) is 16.6. The van der Waals surface area contributed by atoms with Gasteiger partial charge >= 0.3 is 0 Å². The van der Waals surface area contributed by atoms with Crippen LogP contribution in [0.4, 0.5) is 17.5 Å². The SMILES string of the molecule is CNOOSc1ccc(Nc2nc(-c3ccccc3)cc(N3CCOCC3)n2)cc1. The number of nitrogens with zero attached hydrogens (tertiary/aromatic N) is 3. The molecule has 1 aliphatic heterocycles. The van der Waals surface area contributed by atoms with E-state index in [2.05, 4.69) is 32.8 Å². The van der Waals surface area contributed by atoms with Gasteiger partial charge in [-0.2, -0.15) is 10.5 Å². The fourth-order valence-corrected chi connectivity index (χ4v) is 3.44. The Labute approximate surface area is 179 Å². The van der Waals surface area contributed by atoms with Gasteiger partial charge in [0.1, 0.15) is 5.82 Å². The highest BCUT2D eigenvalue weighted by Crippen LogP contribution is 2.26. The summed E-state index contributed by atoms with van der Waals surface area (Å²) < 4.78 is 10.4. The van der Waals surface area contributed by atoms with Crippen molar-refractivity contribution in [3.63, 3.8) is 0 Å². The fraction of sp³-hybridized carbons (Fsp3) is 0.238. The predicted octanol–water partition coefficient (Wildman–Crippen LogP) is 3.81. The molecular weight excluding hydrogens is 402 g/mol. The van der Waals surface area contributed by atoms with Gasteiger partial charge in [-0.1, -0.05) is 30.3 Å². The molecule has 1 aromatic heterocycles. The summed E-state index contributed by atoms with van der Waals surface area (Å²) in [7, 11) is 1.63. The second-order valence-electron chi connectivity index (χ2n) is 6.49. The molecule has 2 N–H and O–H groups in total. The lowest BCUT2D eigenvalue weighted by Crippen LogP contribution is -2.36. The quantitative estimate of drug-likeness (QED) is 0.242. The Balaban J connectivity index is 1.57. The second kappa shape index (κ2) is 10.4. The monoisotopic (exact) mass is 425 g/mol. The number of aromatic nitrogens is 2. The lowest BCUT2D eigenvalue weighted by molar-refractivity contribution is -0.237. The standard InChI is InChI=1S/C21H23N5O3S/c1-22-28-29-30-18-9-7-17(8-10-18)23-21-24-19(16-5-3-2-4-6-16)15-20(25-21)26-11-13-27-14-12-26/h2-10,15,22H,11-14H2,1H3,(H,23,24,25). The van der Waals surface area contributed by atoms with Crippen molar-refractivity contribution in [1.29, 1.82) is 0 Å². The molecule has 0 radical (unpaired) electrons. The van der Waals surface area contributed by atoms with Gasteiger partial charge in [0.25, 0.3) is 0 Å². The molecule has 0 bridgehead atoms. The summed E-state index contributed by atoms with van der Waals surface area (Å²) in [5.41, 5.74) is 5.25. The third-order valence-electron chi connectivity index (χ3n) is 4.48. The Morgan fingerprint density at radius 2 is 1.77 bits per heavy atom. The maximum absolute atomic E-state index is 5.48. The van der Waals surface area contributed by atoms with Crippen LogP contribution in [0.3, 0.4) is 0 Å². The van der Waals surface area contributed by atoms with E-state index >= 15 is 0 Å². The van der Waals surface area contributed by atoms with Crippen molar-refractivity contribution in [3.05, 3.63) is 60.7 Å². The molecule has 0 amide bonds. The van der Waals surface area contributed by atoms with Crippen LogP contribution in [0.5, 0.6) is 0 Å². The maximum atomic E-state index is 5.48. The molecule has 2 aromatic carbocycles. The number of hydroxylamine groups is 1. The molecule has 0 unspecified atom stereocenters. The molecule has 2 heterocycles. The molecule has 0 saturated carbocycles. The molecule has 3 aromatic rings. The Morgan fingerprint density at radius 1 is 1.00 bits per heavy atom. The van der Waals surface area contributed by atoms with Gasteiger partial charge in [0.15, 0.2) is 0 Å². The van der Waals surface area contributed by atoms with Crippen LogP contribution in [0.15, 0.2) is 65.6 Å². The number of rotatable bonds is 8. The minimum atomic E-state index is 0.549. The van der Waals surface area contributed by atoms with Crippen molar-refractivity contribution >= 4 is 29.5 Å². The molecule has 30 heavy (non-hydrogen) atoms. The second-order valence-corrected chi connectivity index (χ2v) is 7.26. The summed E-state index contributed by atoms with van der Waals surface area (Å²) in [6, 6.07) is 19.9. The summed E-state index contributed by atoms with van der Waals surface area (Å²) in [6.45, 7) is 3.02. The van der Waals surface area contributed by atoms with E-state index in [-0.39, 0.29) is 0 Å². The first-order valence-electron chi connectivity index (χ1n) is 9.63. The highest BCUT2D eigenvalue weighted by Gasteiger charge is 2.16. The van der Waals surface area contributed by atoms with Crippen LogP contribution >= 0.6 is 12.0 Å². The van der Waals surface area contributed by atoms with E-state index in [1.165, 1.54) is 0 Å². The largest absolute Gasteiger partial charge is 0.378 e. The minimum Gasteiger partial charge on any atom is -0.378 e. The van der Waals surface area contributed by atoms with Gasteiger partial charge in [-0.25, -0.2) is 4.98 Å². The smallest absolute Gasteiger partial charge is 0.229 e. The normalized spacial score (nSPS) is 14.0. The van der Waals surface area contributed by atoms with Gasteiger partial charge in [0, 0.05) is 42.3 Å². The summed E-state index contributed by atoms with van der Waals surface area (Å²) in [5.74, 6) is 1.44. The molecule has 0 atom stereocenters. The van der Waals surface area contributed by atoms with Crippen LogP contribution in [0.1, 0.15) is 0 Å². The summed E-state index contributed by atoms with van der Waals surface area (Å²) >= 11 is 1.12. The first-order valence-corrected chi connectivity index (χ1v) is 10.4. The predicted molar refractivity (Wildman–Crippen MR) is 117 cm³/mol. The summed E-state index contributed by atoms with van der Waals surface area (Å²) in [5, 5.41) is 3.31. The van der Waals surface area contributed by atoms with E-state index in [0.717, 1.165) is 52.8 Å². The molecule has 156 valence electrons. The third-order valence-corrected chi connectivity index (χ3v) is 5.08. The zero-order chi connectivity index (χ0) is 20.6. The van der Waals surface area contributed by atoms with Crippen molar-refractivity contribution < 1.29 is 14.1 Å². The van der Waals surface area contributed by atoms with Crippen molar-refractivity contribution in [2.45, 2.75) is 4.90 Å². The van der Waals surface area contributed by atoms with Crippen LogP contribution in [-0.4, -0.2) is 43.3 Å². The molecular formula is C21H23N5O3S. The Kier molecular flexibility index (Phi) is 7.11. The van der Waals surface area contributed by atoms with E-state index in [9.17, 15) is 0 Å². The average molecular weight is 426 g/mol. The van der Waals surface area contributed by atoms with Gasteiger partial charge < -0.3 is 15.0 Å². The highest BCUT2D eigenvalue weighted by atomic mass is 32.2. The maximum Gasteiger partial charge on any atom is 0.229 e. The number of anilines is 3. The van der Waals surface area contributed by atoms with Crippen LogP contribution in [0.2, 0.25) is 0 Å². The number of morpholine rings is 1. The van der Waals surface area contributed by atoms with Crippen LogP contribution in [-0.2, 0) is 14.1 Å². The summed E-state index contributed by atoms with van der Waals surface area (Å²) in [6.07, 6.45) is 0. The van der Waals surface area contributed by atoms with E-state index in [0.29, 0.717) is 19.2 Å². The van der Waals surface area contributed by atoms with Gasteiger partial charge in [0.2, 0.25) is 5.95 Å². The third kappa shape index (κ3) is 5.47. The number of benzene rings is 2. The van der Waals surface area contributed by atoms with E-state index in [1.807, 2.05) is 48.5 Å². The molecule has 1 saturated heterocycles. The Bertz CT molecular complexity index is 937. The molecule has 1 fully saturated rings. The molecule has 9 heteroatoms. The van der Waals surface area contributed by atoms with Gasteiger partial charge in [0.05, 0.1) is 31.0 Å². The number of hydrogen-bond acceptors (Lipinski definition) is 9. The molecule has 8 nitrogen and oxygen atoms in total. The Morgan fingerprint density at radius 3 is 2.50 bits per heavy atom.